The van der Waals surface area contributed by atoms with Gasteiger partial charge in [0.25, 0.3) is 0 Å². The van der Waals surface area contributed by atoms with E-state index in [1.54, 1.807) is 11.8 Å². The summed E-state index contributed by atoms with van der Waals surface area (Å²) >= 11 is 1.74. The highest BCUT2D eigenvalue weighted by Gasteiger charge is 2.03. The van der Waals surface area contributed by atoms with Gasteiger partial charge in [0.2, 0.25) is 0 Å². The number of fused-ring (bicyclic) bond motifs is 1. The monoisotopic (exact) mass is 294 g/mol. The van der Waals surface area contributed by atoms with Crippen molar-refractivity contribution in [2.45, 2.75) is 12.3 Å². The van der Waals surface area contributed by atoms with Crippen LogP contribution in [-0.2, 0) is 12.3 Å². The molecule has 3 aromatic rings. The van der Waals surface area contributed by atoms with Crippen LogP contribution < -0.4 is 5.32 Å². The third-order valence-electron chi connectivity index (χ3n) is 3.41. The number of thioether (sulfide) groups is 1. The second-order valence-electron chi connectivity index (χ2n) is 4.91. The zero-order valence-corrected chi connectivity index (χ0v) is 12.6. The minimum atomic E-state index is 0.796. The van der Waals surface area contributed by atoms with Crippen LogP contribution in [0.5, 0.6) is 0 Å². The fourth-order valence-corrected chi connectivity index (χ4v) is 2.97. The fourth-order valence-electron chi connectivity index (χ4n) is 2.27. The summed E-state index contributed by atoms with van der Waals surface area (Å²) in [5.41, 5.74) is 3.77. The number of hydrogen-bond donors (Lipinski definition) is 2. The van der Waals surface area contributed by atoms with Crippen molar-refractivity contribution in [2.75, 3.05) is 0 Å². The zero-order valence-electron chi connectivity index (χ0n) is 11.8. The molecule has 0 aliphatic heterocycles. The Morgan fingerprint density at radius 2 is 1.81 bits per heavy atom. The van der Waals surface area contributed by atoms with Crippen molar-refractivity contribution in [2.24, 2.45) is 0 Å². The van der Waals surface area contributed by atoms with Gasteiger partial charge in [-0.2, -0.15) is 0 Å². The molecule has 0 fully saturated rings. The van der Waals surface area contributed by atoms with Crippen LogP contribution in [0.1, 0.15) is 11.1 Å². The molecule has 0 spiro atoms. The van der Waals surface area contributed by atoms with E-state index >= 15 is 0 Å². The maximum atomic E-state index is 4.09. The Morgan fingerprint density at radius 1 is 1.05 bits per heavy atom. The van der Waals surface area contributed by atoms with Crippen molar-refractivity contribution >= 4 is 22.7 Å². The van der Waals surface area contributed by atoms with Crippen molar-refractivity contribution in [3.8, 4) is 0 Å². The number of benzene rings is 2. The van der Waals surface area contributed by atoms with E-state index in [0.29, 0.717) is 0 Å². The van der Waals surface area contributed by atoms with Gasteiger partial charge in [-0.3, -0.25) is 0 Å². The van der Waals surface area contributed by atoms with E-state index < -0.39 is 0 Å². The molecule has 3 heteroatoms. The Hall–Kier alpha value is -2.13. The molecule has 0 bridgehead atoms. The highest BCUT2D eigenvalue weighted by molar-refractivity contribution is 8.02. The number of H-pyrrole nitrogens is 1. The summed E-state index contributed by atoms with van der Waals surface area (Å²) in [6.07, 6.45) is 2.06. The standard InChI is InChI=1S/C18H18N2S/c1-14(21-13-15-7-3-2-4-8-15)19-11-16-12-20-18-10-6-5-9-17(16)18/h2-10,12,19-20H,1,11,13H2. The van der Waals surface area contributed by atoms with Crippen molar-refractivity contribution in [1.29, 1.82) is 0 Å². The van der Waals surface area contributed by atoms with E-state index in [4.69, 9.17) is 0 Å². The molecule has 0 saturated heterocycles. The van der Waals surface area contributed by atoms with Gasteiger partial charge >= 0.3 is 0 Å². The van der Waals surface area contributed by atoms with Gasteiger partial charge < -0.3 is 10.3 Å². The smallest absolute Gasteiger partial charge is 0.0614 e. The lowest BCUT2D eigenvalue weighted by Crippen LogP contribution is -2.09. The van der Waals surface area contributed by atoms with E-state index in [2.05, 4.69) is 65.5 Å². The number of aromatic nitrogens is 1. The third-order valence-corrected chi connectivity index (χ3v) is 4.38. The molecule has 106 valence electrons. The number of nitrogens with one attached hydrogen (secondary N) is 2. The minimum absolute atomic E-state index is 0.796. The predicted molar refractivity (Wildman–Crippen MR) is 92.0 cm³/mol. The van der Waals surface area contributed by atoms with Gasteiger partial charge in [-0.15, -0.1) is 11.8 Å². The molecule has 0 saturated carbocycles. The molecule has 0 unspecified atom stereocenters. The molecule has 1 aromatic heterocycles. The first-order chi connectivity index (χ1) is 10.3. The summed E-state index contributed by atoms with van der Waals surface area (Å²) in [6.45, 7) is 4.89. The highest BCUT2D eigenvalue weighted by Crippen LogP contribution is 2.20. The molecule has 2 aromatic carbocycles. The summed E-state index contributed by atoms with van der Waals surface area (Å²) in [4.78, 5) is 3.29. The molecular weight excluding hydrogens is 276 g/mol. The Kier molecular flexibility index (Phi) is 4.31. The lowest BCUT2D eigenvalue weighted by atomic mass is 10.2. The van der Waals surface area contributed by atoms with Gasteiger partial charge in [0.1, 0.15) is 0 Å². The largest absolute Gasteiger partial charge is 0.376 e. The van der Waals surface area contributed by atoms with Gasteiger partial charge in [-0.25, -0.2) is 0 Å². The van der Waals surface area contributed by atoms with E-state index in [1.165, 1.54) is 22.0 Å². The van der Waals surface area contributed by atoms with Gasteiger partial charge in [0.05, 0.1) is 5.03 Å². The first-order valence-electron chi connectivity index (χ1n) is 6.97. The summed E-state index contributed by atoms with van der Waals surface area (Å²) in [5.74, 6) is 0.945. The van der Waals surface area contributed by atoms with E-state index in [0.717, 1.165) is 17.3 Å². The second-order valence-corrected chi connectivity index (χ2v) is 5.98. The van der Waals surface area contributed by atoms with Gasteiger partial charge in [-0.1, -0.05) is 55.1 Å². The lowest BCUT2D eigenvalue weighted by Gasteiger charge is -2.08. The Morgan fingerprint density at radius 3 is 2.67 bits per heavy atom. The molecule has 3 rings (SSSR count). The van der Waals surface area contributed by atoms with Crippen LogP contribution in [0.3, 0.4) is 0 Å². The number of aromatic amines is 1. The summed E-state index contributed by atoms with van der Waals surface area (Å²) in [7, 11) is 0. The molecule has 0 aliphatic carbocycles. The topological polar surface area (TPSA) is 27.8 Å². The van der Waals surface area contributed by atoms with Crippen LogP contribution in [-0.4, -0.2) is 4.98 Å². The van der Waals surface area contributed by atoms with Crippen molar-refractivity contribution in [3.05, 3.63) is 83.5 Å². The van der Waals surface area contributed by atoms with Crippen LogP contribution in [0.2, 0.25) is 0 Å². The summed E-state index contributed by atoms with van der Waals surface area (Å²) in [6, 6.07) is 18.8. The fraction of sp³-hybridized carbons (Fsp3) is 0.111. The Labute approximate surface area is 129 Å². The van der Waals surface area contributed by atoms with Crippen molar-refractivity contribution < 1.29 is 0 Å². The minimum Gasteiger partial charge on any atom is -0.376 e. The lowest BCUT2D eigenvalue weighted by molar-refractivity contribution is 0.865. The van der Waals surface area contributed by atoms with Crippen LogP contribution in [0.4, 0.5) is 0 Å². The highest BCUT2D eigenvalue weighted by atomic mass is 32.2. The number of para-hydroxylation sites is 1. The van der Waals surface area contributed by atoms with Crippen LogP contribution in [0, 0.1) is 0 Å². The molecular formula is C18H18N2S. The number of rotatable bonds is 6. The Balaban J connectivity index is 1.54. The molecule has 1 heterocycles. The molecule has 0 amide bonds. The summed E-state index contributed by atoms with van der Waals surface area (Å²) < 4.78 is 0. The van der Waals surface area contributed by atoms with Gasteiger partial charge in [0.15, 0.2) is 0 Å². The normalized spacial score (nSPS) is 10.7. The maximum Gasteiger partial charge on any atom is 0.0614 e. The predicted octanol–water partition coefficient (Wildman–Crippen LogP) is 4.66. The average molecular weight is 294 g/mol. The SMILES string of the molecule is C=C(NCc1c[nH]c2ccccc12)SCc1ccccc1. The van der Waals surface area contributed by atoms with Crippen LogP contribution in [0.25, 0.3) is 10.9 Å². The number of hydrogen-bond acceptors (Lipinski definition) is 2. The first-order valence-corrected chi connectivity index (χ1v) is 7.96. The third kappa shape index (κ3) is 3.50. The molecule has 0 aliphatic rings. The van der Waals surface area contributed by atoms with Gasteiger partial charge in [-0.05, 0) is 17.2 Å². The van der Waals surface area contributed by atoms with Gasteiger partial charge in [0, 0.05) is 29.4 Å². The maximum absolute atomic E-state index is 4.09. The average Bonchev–Trinajstić information content (AvgIpc) is 2.95. The summed E-state index contributed by atoms with van der Waals surface area (Å²) in [5, 5.41) is 5.67. The second kappa shape index (κ2) is 6.55. The van der Waals surface area contributed by atoms with Crippen LogP contribution >= 0.6 is 11.8 Å². The molecule has 0 atom stereocenters. The van der Waals surface area contributed by atoms with Crippen molar-refractivity contribution in [3.63, 3.8) is 0 Å². The van der Waals surface area contributed by atoms with E-state index in [1.807, 2.05) is 12.1 Å². The molecule has 2 N–H and O–H groups in total. The zero-order chi connectivity index (χ0) is 14.5. The first kappa shape index (κ1) is 13.8. The quantitative estimate of drug-likeness (QED) is 0.692. The Bertz CT molecular complexity index is 731. The molecule has 21 heavy (non-hydrogen) atoms. The van der Waals surface area contributed by atoms with Crippen molar-refractivity contribution in [1.82, 2.24) is 10.3 Å². The molecule has 0 radical (unpaired) electrons. The van der Waals surface area contributed by atoms with Crippen LogP contribution in [0.15, 0.2) is 72.4 Å². The van der Waals surface area contributed by atoms with E-state index in [-0.39, 0.29) is 0 Å². The molecule has 2 nitrogen and oxygen atoms in total. The van der Waals surface area contributed by atoms with E-state index in [9.17, 15) is 0 Å².